The van der Waals surface area contributed by atoms with Crippen molar-refractivity contribution in [2.45, 2.75) is 51.6 Å². The van der Waals surface area contributed by atoms with Crippen LogP contribution in [0.15, 0.2) is 45.4 Å². The first-order chi connectivity index (χ1) is 12.2. The van der Waals surface area contributed by atoms with Gasteiger partial charge in [0.15, 0.2) is 11.3 Å². The van der Waals surface area contributed by atoms with Gasteiger partial charge in [-0.15, -0.1) is 0 Å². The Morgan fingerprint density at radius 2 is 2.08 bits per heavy atom. The van der Waals surface area contributed by atoms with E-state index in [-0.39, 0.29) is 11.9 Å². The number of rotatable bonds is 4. The lowest BCUT2D eigenvalue weighted by Crippen LogP contribution is -2.40. The molecule has 1 aliphatic rings. The largest absolute Gasteiger partial charge is 0.459 e. The van der Waals surface area contributed by atoms with Crippen LogP contribution in [-0.4, -0.2) is 21.8 Å². The van der Waals surface area contributed by atoms with Crippen molar-refractivity contribution in [2.24, 2.45) is 0 Å². The number of hydrogen-bond acceptors (Lipinski definition) is 4. The van der Waals surface area contributed by atoms with E-state index in [0.717, 1.165) is 42.3 Å². The van der Waals surface area contributed by atoms with Crippen LogP contribution < -0.4 is 0 Å². The molecule has 0 bridgehead atoms. The molecule has 2 aromatic heterocycles. The summed E-state index contributed by atoms with van der Waals surface area (Å²) in [6.07, 6.45) is 7.12. The van der Waals surface area contributed by atoms with E-state index in [4.69, 9.17) is 8.83 Å². The van der Waals surface area contributed by atoms with Crippen LogP contribution in [0.2, 0.25) is 0 Å². The van der Waals surface area contributed by atoms with E-state index >= 15 is 0 Å². The van der Waals surface area contributed by atoms with Gasteiger partial charge in [0, 0.05) is 6.04 Å². The quantitative estimate of drug-likeness (QED) is 0.691. The van der Waals surface area contributed by atoms with Gasteiger partial charge in [-0.25, -0.2) is 4.98 Å². The predicted octanol–water partition coefficient (Wildman–Crippen LogP) is 4.70. The number of hydrogen-bond donors (Lipinski definition) is 0. The lowest BCUT2D eigenvalue weighted by molar-refractivity contribution is 0.0561. The summed E-state index contributed by atoms with van der Waals surface area (Å²) in [5.41, 5.74) is 2.74. The van der Waals surface area contributed by atoms with Crippen LogP contribution in [-0.2, 0) is 6.54 Å². The highest BCUT2D eigenvalue weighted by molar-refractivity contribution is 5.91. The van der Waals surface area contributed by atoms with Crippen LogP contribution in [0.3, 0.4) is 0 Å². The number of amides is 1. The van der Waals surface area contributed by atoms with Crippen LogP contribution in [0.25, 0.3) is 11.1 Å². The molecule has 0 atom stereocenters. The van der Waals surface area contributed by atoms with Crippen molar-refractivity contribution in [3.63, 3.8) is 0 Å². The number of benzene rings is 1. The molecule has 5 heteroatoms. The van der Waals surface area contributed by atoms with Crippen LogP contribution in [0.1, 0.15) is 54.1 Å². The molecular formula is C20H22N2O3. The van der Waals surface area contributed by atoms with Crippen LogP contribution in [0.4, 0.5) is 0 Å². The fourth-order valence-corrected chi connectivity index (χ4v) is 3.60. The number of carbonyl (C=O) groups excluding carboxylic acids is 1. The standard InChI is InChI=1S/C20H22N2O3/c1-14-9-10-17-16(12-14)21-19(25-17)13-22(15-6-3-2-4-7-15)20(23)18-8-5-11-24-18/h5,8-12,15H,2-4,6-7,13H2,1H3. The van der Waals surface area contributed by atoms with E-state index in [0.29, 0.717) is 18.2 Å². The van der Waals surface area contributed by atoms with Crippen molar-refractivity contribution in [2.75, 3.05) is 0 Å². The predicted molar refractivity (Wildman–Crippen MR) is 94.2 cm³/mol. The monoisotopic (exact) mass is 338 g/mol. The number of oxazole rings is 1. The number of aryl methyl sites for hydroxylation is 1. The minimum atomic E-state index is -0.0877. The van der Waals surface area contributed by atoms with Gasteiger partial charge in [-0.05, 0) is 49.6 Å². The Labute approximate surface area is 146 Å². The molecular weight excluding hydrogens is 316 g/mol. The van der Waals surface area contributed by atoms with Gasteiger partial charge in [0.1, 0.15) is 5.52 Å². The Morgan fingerprint density at radius 3 is 2.84 bits per heavy atom. The molecule has 4 rings (SSSR count). The molecule has 2 heterocycles. The van der Waals surface area contributed by atoms with Gasteiger partial charge in [0.2, 0.25) is 5.89 Å². The maximum absolute atomic E-state index is 12.9. The van der Waals surface area contributed by atoms with Gasteiger partial charge >= 0.3 is 0 Å². The van der Waals surface area contributed by atoms with Crippen molar-refractivity contribution < 1.29 is 13.6 Å². The topological polar surface area (TPSA) is 59.5 Å². The highest BCUT2D eigenvalue weighted by Gasteiger charge is 2.29. The number of fused-ring (bicyclic) bond motifs is 1. The lowest BCUT2D eigenvalue weighted by atomic mass is 9.94. The van der Waals surface area contributed by atoms with E-state index < -0.39 is 0 Å². The molecule has 0 radical (unpaired) electrons. The number of furan rings is 1. The second-order valence-corrected chi connectivity index (χ2v) is 6.78. The number of carbonyl (C=O) groups is 1. The van der Waals surface area contributed by atoms with Crippen molar-refractivity contribution >= 4 is 17.0 Å². The molecule has 1 saturated carbocycles. The Bertz CT molecular complexity index is 860. The van der Waals surface area contributed by atoms with E-state index in [1.54, 1.807) is 12.1 Å². The molecule has 0 aliphatic heterocycles. The summed E-state index contributed by atoms with van der Waals surface area (Å²) in [5, 5.41) is 0. The van der Waals surface area contributed by atoms with Crippen LogP contribution >= 0.6 is 0 Å². The van der Waals surface area contributed by atoms with Crippen molar-refractivity contribution in [3.8, 4) is 0 Å². The van der Waals surface area contributed by atoms with Gasteiger partial charge < -0.3 is 13.7 Å². The molecule has 1 aliphatic carbocycles. The second-order valence-electron chi connectivity index (χ2n) is 6.78. The number of nitrogens with zero attached hydrogens (tertiary/aromatic N) is 2. The lowest BCUT2D eigenvalue weighted by Gasteiger charge is -2.33. The fraction of sp³-hybridized carbons (Fsp3) is 0.400. The second kappa shape index (κ2) is 6.75. The third-order valence-electron chi connectivity index (χ3n) is 4.90. The zero-order valence-corrected chi connectivity index (χ0v) is 14.4. The Kier molecular flexibility index (Phi) is 4.30. The van der Waals surface area contributed by atoms with Crippen molar-refractivity contribution in [3.05, 3.63) is 53.8 Å². The van der Waals surface area contributed by atoms with E-state index in [1.165, 1.54) is 12.7 Å². The van der Waals surface area contributed by atoms with E-state index in [9.17, 15) is 4.79 Å². The molecule has 3 aromatic rings. The minimum absolute atomic E-state index is 0.0877. The third kappa shape index (κ3) is 3.31. The van der Waals surface area contributed by atoms with Gasteiger partial charge in [-0.3, -0.25) is 4.79 Å². The summed E-state index contributed by atoms with van der Waals surface area (Å²) in [6.45, 7) is 2.40. The maximum atomic E-state index is 12.9. The summed E-state index contributed by atoms with van der Waals surface area (Å²) in [5.74, 6) is 0.860. The first-order valence-electron chi connectivity index (χ1n) is 8.91. The summed E-state index contributed by atoms with van der Waals surface area (Å²) >= 11 is 0. The highest BCUT2D eigenvalue weighted by atomic mass is 16.4. The molecule has 0 unspecified atom stereocenters. The summed E-state index contributed by atoms with van der Waals surface area (Å²) in [6, 6.07) is 9.61. The summed E-state index contributed by atoms with van der Waals surface area (Å²) in [4.78, 5) is 19.4. The average molecular weight is 338 g/mol. The van der Waals surface area contributed by atoms with E-state index in [1.807, 2.05) is 30.0 Å². The molecule has 1 aromatic carbocycles. The molecule has 130 valence electrons. The first kappa shape index (κ1) is 15.9. The molecule has 0 spiro atoms. The first-order valence-corrected chi connectivity index (χ1v) is 8.91. The molecule has 1 amide bonds. The molecule has 0 N–H and O–H groups in total. The highest BCUT2D eigenvalue weighted by Crippen LogP contribution is 2.27. The third-order valence-corrected chi connectivity index (χ3v) is 4.90. The van der Waals surface area contributed by atoms with E-state index in [2.05, 4.69) is 4.98 Å². The smallest absolute Gasteiger partial charge is 0.290 e. The van der Waals surface area contributed by atoms with Gasteiger partial charge in [-0.2, -0.15) is 0 Å². The van der Waals surface area contributed by atoms with Gasteiger partial charge in [-0.1, -0.05) is 25.3 Å². The van der Waals surface area contributed by atoms with Crippen molar-refractivity contribution in [1.82, 2.24) is 9.88 Å². The van der Waals surface area contributed by atoms with Gasteiger partial charge in [0.05, 0.1) is 12.8 Å². The SMILES string of the molecule is Cc1ccc2oc(CN(C(=O)c3ccco3)C3CCCCC3)nc2c1. The average Bonchev–Trinajstić information content (AvgIpc) is 3.29. The molecule has 1 fully saturated rings. The normalized spacial score (nSPS) is 15.6. The minimum Gasteiger partial charge on any atom is -0.459 e. The fourth-order valence-electron chi connectivity index (χ4n) is 3.60. The Hall–Kier alpha value is -2.56. The zero-order chi connectivity index (χ0) is 17.2. The molecule has 5 nitrogen and oxygen atoms in total. The van der Waals surface area contributed by atoms with Crippen LogP contribution in [0.5, 0.6) is 0 Å². The van der Waals surface area contributed by atoms with Crippen LogP contribution in [0, 0.1) is 6.92 Å². The number of aromatic nitrogens is 1. The summed E-state index contributed by atoms with van der Waals surface area (Å²) < 4.78 is 11.2. The Balaban J connectivity index is 1.63. The van der Waals surface area contributed by atoms with Crippen molar-refractivity contribution in [1.29, 1.82) is 0 Å². The molecule has 0 saturated heterocycles. The van der Waals surface area contributed by atoms with Gasteiger partial charge in [0.25, 0.3) is 5.91 Å². The Morgan fingerprint density at radius 1 is 1.24 bits per heavy atom. The molecule has 25 heavy (non-hydrogen) atoms. The maximum Gasteiger partial charge on any atom is 0.290 e. The zero-order valence-electron chi connectivity index (χ0n) is 14.4. The summed E-state index contributed by atoms with van der Waals surface area (Å²) in [7, 11) is 0.